The average Bonchev–Trinajstić information content (AvgIpc) is 2.32. The van der Waals surface area contributed by atoms with Crippen molar-refractivity contribution in [2.45, 2.75) is 18.9 Å². The number of hydroxylamine groups is 1. The third kappa shape index (κ3) is 1.32. The van der Waals surface area contributed by atoms with Crippen molar-refractivity contribution in [1.29, 1.82) is 0 Å². The number of likely N-dealkylation sites (tertiary alicyclic amines) is 1. The monoisotopic (exact) mass is 158 g/mol. The van der Waals surface area contributed by atoms with Crippen molar-refractivity contribution in [3.05, 3.63) is 0 Å². The summed E-state index contributed by atoms with van der Waals surface area (Å²) < 4.78 is 0. The summed E-state index contributed by atoms with van der Waals surface area (Å²) >= 11 is 0. The summed E-state index contributed by atoms with van der Waals surface area (Å²) in [5, 5.41) is 8.26. The summed E-state index contributed by atoms with van der Waals surface area (Å²) in [6.45, 7) is 0. The third-order valence-corrected chi connectivity index (χ3v) is 1.91. The molecule has 0 aromatic rings. The molecule has 1 atom stereocenters. The highest BCUT2D eigenvalue weighted by Crippen LogP contribution is 2.15. The number of nitrogens with one attached hydrogen (secondary N) is 1. The van der Waals surface area contributed by atoms with Crippen molar-refractivity contribution in [2.24, 2.45) is 0 Å². The summed E-state index contributed by atoms with van der Waals surface area (Å²) in [7, 11) is 1.55. The zero-order valence-corrected chi connectivity index (χ0v) is 6.20. The minimum absolute atomic E-state index is 0.0569. The van der Waals surface area contributed by atoms with Crippen LogP contribution in [-0.4, -0.2) is 35.0 Å². The predicted molar refractivity (Wildman–Crippen MR) is 35.7 cm³/mol. The van der Waals surface area contributed by atoms with E-state index in [4.69, 9.17) is 5.21 Å². The second-order valence-corrected chi connectivity index (χ2v) is 2.54. The molecule has 1 aliphatic rings. The molecule has 0 spiro atoms. The van der Waals surface area contributed by atoms with E-state index in [0.29, 0.717) is 12.8 Å². The van der Waals surface area contributed by atoms with Gasteiger partial charge >= 0.3 is 0 Å². The maximum atomic E-state index is 10.9. The Bertz CT molecular complexity index is 192. The van der Waals surface area contributed by atoms with Crippen LogP contribution in [0.2, 0.25) is 0 Å². The lowest BCUT2D eigenvalue weighted by molar-refractivity contribution is -0.138. The standard InChI is InChI=1S/C6H10N2O3/c1-8-4(6(10)7-11)2-3-5(8)9/h4,11H,2-3H2,1H3,(H,7,10)/t4-/m0/s1. The van der Waals surface area contributed by atoms with Crippen LogP contribution in [0.25, 0.3) is 0 Å². The van der Waals surface area contributed by atoms with Crippen LogP contribution in [0.5, 0.6) is 0 Å². The van der Waals surface area contributed by atoms with Crippen LogP contribution in [0.15, 0.2) is 0 Å². The summed E-state index contributed by atoms with van der Waals surface area (Å²) in [6.07, 6.45) is 0.871. The molecule has 5 nitrogen and oxygen atoms in total. The molecule has 62 valence electrons. The van der Waals surface area contributed by atoms with Gasteiger partial charge < -0.3 is 4.90 Å². The van der Waals surface area contributed by atoms with Gasteiger partial charge in [0.05, 0.1) is 0 Å². The molecule has 2 N–H and O–H groups in total. The highest BCUT2D eigenvalue weighted by molar-refractivity contribution is 5.90. The van der Waals surface area contributed by atoms with Crippen LogP contribution in [0.1, 0.15) is 12.8 Å². The zero-order chi connectivity index (χ0) is 8.43. The van der Waals surface area contributed by atoms with Gasteiger partial charge in [0.1, 0.15) is 6.04 Å². The SMILES string of the molecule is CN1C(=O)CC[C@H]1C(=O)NO. The van der Waals surface area contributed by atoms with E-state index < -0.39 is 11.9 Å². The molecule has 1 rings (SSSR count). The lowest BCUT2D eigenvalue weighted by atomic mass is 10.2. The Labute approximate surface area is 63.9 Å². The van der Waals surface area contributed by atoms with Crippen LogP contribution in [0, 0.1) is 0 Å². The Hall–Kier alpha value is -1.10. The number of carbonyl (C=O) groups excluding carboxylic acids is 2. The number of carbonyl (C=O) groups is 2. The lowest BCUT2D eigenvalue weighted by Gasteiger charge is -2.16. The number of amides is 2. The van der Waals surface area contributed by atoms with Crippen LogP contribution < -0.4 is 5.48 Å². The van der Waals surface area contributed by atoms with Gasteiger partial charge in [0.15, 0.2) is 0 Å². The maximum absolute atomic E-state index is 10.9. The molecule has 0 aromatic carbocycles. The van der Waals surface area contributed by atoms with E-state index in [9.17, 15) is 9.59 Å². The van der Waals surface area contributed by atoms with Gasteiger partial charge in [-0.2, -0.15) is 0 Å². The summed E-state index contributed by atoms with van der Waals surface area (Å²) in [5.41, 5.74) is 1.53. The van der Waals surface area contributed by atoms with E-state index in [1.165, 1.54) is 10.4 Å². The first kappa shape index (κ1) is 8.00. The predicted octanol–water partition coefficient (Wildman–Crippen LogP) is -0.887. The second kappa shape index (κ2) is 2.87. The van der Waals surface area contributed by atoms with Crippen molar-refractivity contribution in [3.63, 3.8) is 0 Å². The molecular weight excluding hydrogens is 148 g/mol. The molecule has 0 radical (unpaired) electrons. The zero-order valence-electron chi connectivity index (χ0n) is 6.20. The molecule has 2 amide bonds. The molecule has 0 aliphatic carbocycles. The van der Waals surface area contributed by atoms with Crippen molar-refractivity contribution in [3.8, 4) is 0 Å². The first-order valence-corrected chi connectivity index (χ1v) is 3.36. The van der Waals surface area contributed by atoms with Crippen molar-refractivity contribution >= 4 is 11.8 Å². The molecule has 5 heteroatoms. The first-order chi connectivity index (χ1) is 5.16. The molecule has 0 aromatic heterocycles. The topological polar surface area (TPSA) is 69.6 Å². The molecule has 1 aliphatic heterocycles. The van der Waals surface area contributed by atoms with Crippen LogP contribution >= 0.6 is 0 Å². The molecule has 1 fully saturated rings. The molecule has 1 saturated heterocycles. The van der Waals surface area contributed by atoms with E-state index in [2.05, 4.69) is 0 Å². The second-order valence-electron chi connectivity index (χ2n) is 2.54. The first-order valence-electron chi connectivity index (χ1n) is 3.36. The Morgan fingerprint density at radius 3 is 2.82 bits per heavy atom. The molecule has 0 bridgehead atoms. The Morgan fingerprint density at radius 2 is 2.45 bits per heavy atom. The van der Waals surface area contributed by atoms with Gasteiger partial charge in [0.2, 0.25) is 5.91 Å². The van der Waals surface area contributed by atoms with E-state index in [-0.39, 0.29) is 5.91 Å². The number of hydrogen-bond donors (Lipinski definition) is 2. The molecule has 0 unspecified atom stereocenters. The van der Waals surface area contributed by atoms with Gasteiger partial charge in [-0.15, -0.1) is 0 Å². The Morgan fingerprint density at radius 1 is 1.82 bits per heavy atom. The fourth-order valence-electron chi connectivity index (χ4n) is 1.19. The van der Waals surface area contributed by atoms with Gasteiger partial charge in [-0.1, -0.05) is 0 Å². The minimum atomic E-state index is -0.515. The Balaban J connectivity index is 2.61. The molecule has 0 saturated carbocycles. The smallest absolute Gasteiger partial charge is 0.266 e. The van der Waals surface area contributed by atoms with Gasteiger partial charge in [-0.25, -0.2) is 5.48 Å². The third-order valence-electron chi connectivity index (χ3n) is 1.91. The minimum Gasteiger partial charge on any atom is -0.334 e. The summed E-state index contributed by atoms with van der Waals surface area (Å²) in [5.74, 6) is -0.572. The van der Waals surface area contributed by atoms with Gasteiger partial charge in [-0.3, -0.25) is 14.8 Å². The van der Waals surface area contributed by atoms with Crippen LogP contribution in [0.4, 0.5) is 0 Å². The van der Waals surface area contributed by atoms with Crippen LogP contribution in [0.3, 0.4) is 0 Å². The number of nitrogens with zero attached hydrogens (tertiary/aromatic N) is 1. The van der Waals surface area contributed by atoms with Gasteiger partial charge in [0.25, 0.3) is 5.91 Å². The highest BCUT2D eigenvalue weighted by Gasteiger charge is 2.32. The molecule has 1 heterocycles. The number of likely N-dealkylation sites (N-methyl/N-ethyl adjacent to an activating group) is 1. The number of rotatable bonds is 1. The largest absolute Gasteiger partial charge is 0.334 e. The quantitative estimate of drug-likeness (QED) is 0.384. The van der Waals surface area contributed by atoms with Crippen molar-refractivity contribution < 1.29 is 14.8 Å². The van der Waals surface area contributed by atoms with Crippen molar-refractivity contribution in [2.75, 3.05) is 7.05 Å². The molecule has 11 heavy (non-hydrogen) atoms. The normalized spacial score (nSPS) is 24.0. The van der Waals surface area contributed by atoms with E-state index in [1.54, 1.807) is 7.05 Å². The van der Waals surface area contributed by atoms with Gasteiger partial charge in [0, 0.05) is 13.5 Å². The Kier molecular flexibility index (Phi) is 2.09. The average molecular weight is 158 g/mol. The fourth-order valence-corrected chi connectivity index (χ4v) is 1.19. The lowest BCUT2D eigenvalue weighted by Crippen LogP contribution is -2.41. The van der Waals surface area contributed by atoms with Gasteiger partial charge in [-0.05, 0) is 6.42 Å². The summed E-state index contributed by atoms with van der Waals surface area (Å²) in [6, 6.07) is -0.493. The highest BCUT2D eigenvalue weighted by atomic mass is 16.5. The molecular formula is C6H10N2O3. The van der Waals surface area contributed by atoms with Crippen LogP contribution in [-0.2, 0) is 9.59 Å². The fraction of sp³-hybridized carbons (Fsp3) is 0.667. The van der Waals surface area contributed by atoms with Crippen molar-refractivity contribution in [1.82, 2.24) is 10.4 Å². The maximum Gasteiger partial charge on any atom is 0.266 e. The van der Waals surface area contributed by atoms with E-state index in [1.807, 2.05) is 0 Å². The van der Waals surface area contributed by atoms with E-state index in [0.717, 1.165) is 0 Å². The van der Waals surface area contributed by atoms with E-state index >= 15 is 0 Å². The number of hydrogen-bond acceptors (Lipinski definition) is 3. The summed E-state index contributed by atoms with van der Waals surface area (Å²) in [4.78, 5) is 23.0.